The Morgan fingerprint density at radius 1 is 1.29 bits per heavy atom. The van der Waals surface area contributed by atoms with E-state index in [9.17, 15) is 0 Å². The van der Waals surface area contributed by atoms with Gasteiger partial charge >= 0.3 is 29.6 Å². The first-order valence-electron chi connectivity index (χ1n) is 4.32. The molecule has 0 unspecified atom stereocenters. The standard InChI is InChI=1S/C4H10O2.C3H7NOS.CH3NOS.Na.H/c1-4(5-2)6-3;1-2-4-3(5)6;2-1(3)4;;/h4H,1-3H3;2H2,1H3,(H2,4,5,6);(H3,2,3,4);;. The maximum atomic E-state index is 8.17. The Labute approximate surface area is 135 Å². The molecule has 0 aliphatic heterocycles. The molecular weight excluding hydrogens is 275 g/mol. The van der Waals surface area contributed by atoms with Crippen LogP contribution in [0.5, 0.6) is 0 Å². The summed E-state index contributed by atoms with van der Waals surface area (Å²) in [5.41, 5.74) is 4.40. The van der Waals surface area contributed by atoms with Gasteiger partial charge in [-0.2, -0.15) is 0 Å². The number of nitrogens with two attached hydrogens (primary N) is 1. The van der Waals surface area contributed by atoms with Crippen molar-refractivity contribution >= 4 is 64.3 Å². The first-order chi connectivity index (χ1) is 7.31. The molecule has 0 amide bonds. The number of thiocarbonyl (C=S) groups is 2. The molecule has 0 spiro atoms. The van der Waals surface area contributed by atoms with Gasteiger partial charge in [0.2, 0.25) is 0 Å². The molecule has 0 atom stereocenters. The Balaban J connectivity index is -0.0000000741. The molecule has 0 aliphatic rings. The number of ether oxygens (including phenoxy) is 2. The average Bonchev–Trinajstić information content (AvgIpc) is 2.16. The van der Waals surface area contributed by atoms with E-state index in [0.29, 0.717) is 6.54 Å². The van der Waals surface area contributed by atoms with Crippen LogP contribution in [0.3, 0.4) is 0 Å². The van der Waals surface area contributed by atoms with Gasteiger partial charge in [0.1, 0.15) is 0 Å². The van der Waals surface area contributed by atoms with Crippen LogP contribution in [0.15, 0.2) is 0 Å². The zero-order chi connectivity index (χ0) is 13.6. The molecule has 100 valence electrons. The molecule has 0 radical (unpaired) electrons. The van der Waals surface area contributed by atoms with Gasteiger partial charge in [0.15, 0.2) is 6.29 Å². The zero-order valence-corrected chi connectivity index (χ0v) is 11.5. The maximum absolute atomic E-state index is 8.17. The van der Waals surface area contributed by atoms with Gasteiger partial charge in [-0.05, 0) is 38.3 Å². The summed E-state index contributed by atoms with van der Waals surface area (Å²) in [4.78, 5) is 0. The normalized spacial score (nSPS) is 7.59. The summed E-state index contributed by atoms with van der Waals surface area (Å²) in [5, 5.41) is 17.6. The fraction of sp³-hybridized carbons (Fsp3) is 0.750. The van der Waals surface area contributed by atoms with Crippen LogP contribution in [0.4, 0.5) is 0 Å². The van der Waals surface area contributed by atoms with Gasteiger partial charge in [0.05, 0.1) is 0 Å². The van der Waals surface area contributed by atoms with Crippen molar-refractivity contribution in [2.75, 3.05) is 20.8 Å². The van der Waals surface area contributed by atoms with E-state index in [-0.39, 0.29) is 41.0 Å². The Hall–Kier alpha value is 0.300. The van der Waals surface area contributed by atoms with E-state index in [1.165, 1.54) is 0 Å². The molecule has 0 aliphatic carbocycles. The first-order valence-corrected chi connectivity index (χ1v) is 5.14. The molecule has 0 heterocycles. The van der Waals surface area contributed by atoms with Crippen LogP contribution in [0.25, 0.3) is 0 Å². The second kappa shape index (κ2) is 21.6. The predicted octanol–water partition coefficient (Wildman–Crippen LogP) is 0.204. The third kappa shape index (κ3) is 62.5. The summed E-state index contributed by atoms with van der Waals surface area (Å²) in [5.74, 6) is 0. The molecule has 0 saturated carbocycles. The molecule has 0 saturated heterocycles. The van der Waals surface area contributed by atoms with Crippen LogP contribution in [-0.2, 0) is 9.47 Å². The van der Waals surface area contributed by atoms with Gasteiger partial charge < -0.3 is 30.7 Å². The Kier molecular flexibility index (Phi) is 33.0. The predicted molar refractivity (Wildman–Crippen MR) is 78.9 cm³/mol. The zero-order valence-electron chi connectivity index (χ0n) is 9.89. The van der Waals surface area contributed by atoms with Crippen LogP contribution in [-0.4, -0.2) is 77.2 Å². The molecular formula is C8H21N2NaO4S2. The topological polar surface area (TPSA) is 97.0 Å². The Morgan fingerprint density at radius 3 is 1.59 bits per heavy atom. The molecule has 0 bridgehead atoms. The van der Waals surface area contributed by atoms with Crippen molar-refractivity contribution in [1.82, 2.24) is 5.32 Å². The fourth-order valence-corrected chi connectivity index (χ4v) is 0.392. The number of nitrogens with one attached hydrogen (secondary N) is 1. The van der Waals surface area contributed by atoms with Crippen LogP contribution >= 0.6 is 24.4 Å². The summed E-state index contributed by atoms with van der Waals surface area (Å²) < 4.78 is 9.35. The average molecular weight is 296 g/mol. The van der Waals surface area contributed by atoms with E-state index in [2.05, 4.69) is 45.0 Å². The van der Waals surface area contributed by atoms with Gasteiger partial charge in [0.25, 0.3) is 10.3 Å². The van der Waals surface area contributed by atoms with Crippen molar-refractivity contribution in [3.05, 3.63) is 0 Å². The second-order valence-corrected chi connectivity index (χ2v) is 3.02. The second-order valence-electron chi connectivity index (χ2n) is 2.21. The molecule has 0 aromatic heterocycles. The minimum absolute atomic E-state index is 0. The van der Waals surface area contributed by atoms with E-state index in [4.69, 9.17) is 10.2 Å². The summed E-state index contributed by atoms with van der Waals surface area (Å²) >= 11 is 8.11. The summed E-state index contributed by atoms with van der Waals surface area (Å²) in [6.45, 7) is 4.39. The number of aliphatic hydroxyl groups excluding tert-OH is 2. The molecule has 0 rings (SSSR count). The van der Waals surface area contributed by atoms with Crippen molar-refractivity contribution in [3.8, 4) is 0 Å². The molecule has 5 N–H and O–H groups in total. The molecule has 17 heavy (non-hydrogen) atoms. The summed E-state index contributed by atoms with van der Waals surface area (Å²) in [7, 11) is 3.21. The Morgan fingerprint density at radius 2 is 1.59 bits per heavy atom. The van der Waals surface area contributed by atoms with Gasteiger partial charge in [-0.25, -0.2) is 0 Å². The molecule has 0 aromatic carbocycles. The van der Waals surface area contributed by atoms with E-state index in [0.717, 1.165) is 0 Å². The van der Waals surface area contributed by atoms with Crippen molar-refractivity contribution < 1.29 is 19.7 Å². The van der Waals surface area contributed by atoms with Crippen molar-refractivity contribution in [1.29, 1.82) is 0 Å². The van der Waals surface area contributed by atoms with Crippen molar-refractivity contribution in [3.63, 3.8) is 0 Å². The quantitative estimate of drug-likeness (QED) is 0.333. The van der Waals surface area contributed by atoms with Crippen molar-refractivity contribution in [2.45, 2.75) is 20.1 Å². The monoisotopic (exact) mass is 296 g/mol. The number of hydrogen-bond donors (Lipinski definition) is 4. The van der Waals surface area contributed by atoms with Gasteiger partial charge in [-0.15, -0.1) is 0 Å². The van der Waals surface area contributed by atoms with E-state index >= 15 is 0 Å². The van der Waals surface area contributed by atoms with Crippen LogP contribution < -0.4 is 11.1 Å². The van der Waals surface area contributed by atoms with E-state index in [1.807, 2.05) is 13.8 Å². The number of hydrogen-bond acceptors (Lipinski definition) is 4. The molecule has 6 nitrogen and oxygen atoms in total. The van der Waals surface area contributed by atoms with Crippen LogP contribution in [0, 0.1) is 0 Å². The van der Waals surface area contributed by atoms with Crippen molar-refractivity contribution in [2.24, 2.45) is 5.73 Å². The van der Waals surface area contributed by atoms with Gasteiger partial charge in [-0.3, -0.25) is 0 Å². The Bertz CT molecular complexity index is 179. The number of methoxy groups -OCH3 is 2. The third-order valence-corrected chi connectivity index (χ3v) is 1.14. The van der Waals surface area contributed by atoms with E-state index < -0.39 is 5.17 Å². The number of aliphatic hydroxyl groups is 2. The van der Waals surface area contributed by atoms with E-state index in [1.54, 1.807) is 14.2 Å². The third-order valence-electron chi connectivity index (χ3n) is 0.992. The molecule has 0 fully saturated rings. The van der Waals surface area contributed by atoms with Crippen LogP contribution in [0.2, 0.25) is 0 Å². The summed E-state index contributed by atoms with van der Waals surface area (Å²) in [6, 6.07) is 0. The first kappa shape index (κ1) is 26.0. The minimum atomic E-state index is -0.500. The summed E-state index contributed by atoms with van der Waals surface area (Å²) in [6.07, 6.45) is -0.0648. The number of rotatable bonds is 3. The van der Waals surface area contributed by atoms with Gasteiger partial charge in [0, 0.05) is 20.8 Å². The fourth-order valence-electron chi connectivity index (χ4n) is 0.247. The SMILES string of the molecule is CCNC(O)=S.COC(C)OC.NC(O)=S.[NaH]. The van der Waals surface area contributed by atoms with Crippen LogP contribution in [0.1, 0.15) is 13.8 Å². The molecule has 9 heteroatoms. The molecule has 0 aromatic rings. The van der Waals surface area contributed by atoms with Gasteiger partial charge in [-0.1, -0.05) is 0 Å².